The van der Waals surface area contributed by atoms with Crippen molar-refractivity contribution < 1.29 is 17.9 Å². The number of benzene rings is 2. The summed E-state index contributed by atoms with van der Waals surface area (Å²) in [5.41, 5.74) is 2.84. The van der Waals surface area contributed by atoms with Gasteiger partial charge in [0, 0.05) is 24.3 Å². The van der Waals surface area contributed by atoms with E-state index in [0.29, 0.717) is 5.69 Å². The third kappa shape index (κ3) is 4.80. The van der Waals surface area contributed by atoms with E-state index in [-0.39, 0.29) is 40.8 Å². The fraction of sp³-hybridized carbons (Fsp3) is 0.381. The maximum absolute atomic E-state index is 13.2. The van der Waals surface area contributed by atoms with E-state index >= 15 is 0 Å². The minimum atomic E-state index is -3.86. The van der Waals surface area contributed by atoms with Crippen LogP contribution >= 0.6 is 11.6 Å². The van der Waals surface area contributed by atoms with Gasteiger partial charge in [-0.3, -0.25) is 4.79 Å². The van der Waals surface area contributed by atoms with Gasteiger partial charge in [0.25, 0.3) is 5.91 Å². The first-order chi connectivity index (χ1) is 13.6. The predicted octanol–water partition coefficient (Wildman–Crippen LogP) is 4.01. The Balaban J connectivity index is 1.91. The number of carbonyl (C=O) groups excluding carboxylic acids is 1. The van der Waals surface area contributed by atoms with Crippen molar-refractivity contribution in [1.82, 2.24) is 4.31 Å². The Morgan fingerprint density at radius 1 is 1.10 bits per heavy atom. The number of ether oxygens (including phenoxy) is 1. The maximum atomic E-state index is 13.2. The van der Waals surface area contributed by atoms with Gasteiger partial charge in [-0.25, -0.2) is 8.42 Å². The third-order valence-corrected chi connectivity index (χ3v) is 7.15. The second kappa shape index (κ2) is 8.44. The van der Waals surface area contributed by atoms with Gasteiger partial charge in [0.1, 0.15) is 4.90 Å². The first kappa shape index (κ1) is 21.8. The second-order valence-corrected chi connectivity index (χ2v) is 9.81. The van der Waals surface area contributed by atoms with E-state index in [0.717, 1.165) is 11.1 Å². The van der Waals surface area contributed by atoms with Crippen LogP contribution in [0.25, 0.3) is 0 Å². The molecule has 0 aliphatic carbocycles. The van der Waals surface area contributed by atoms with Crippen molar-refractivity contribution in [3.8, 4) is 0 Å². The van der Waals surface area contributed by atoms with Gasteiger partial charge in [-0.2, -0.15) is 4.31 Å². The molecule has 2 aromatic carbocycles. The summed E-state index contributed by atoms with van der Waals surface area (Å²) in [5, 5.41) is 2.93. The fourth-order valence-electron chi connectivity index (χ4n) is 3.37. The number of aryl methyl sites for hydroxylation is 2. The Bertz CT molecular complexity index is 1030. The number of hydrogen-bond donors (Lipinski definition) is 1. The highest BCUT2D eigenvalue weighted by molar-refractivity contribution is 7.89. The topological polar surface area (TPSA) is 75.7 Å². The molecule has 1 fully saturated rings. The normalized spacial score (nSPS) is 20.4. The van der Waals surface area contributed by atoms with Gasteiger partial charge in [-0.15, -0.1) is 0 Å². The molecule has 0 aromatic heterocycles. The molecule has 29 heavy (non-hydrogen) atoms. The molecule has 1 aliphatic rings. The lowest BCUT2D eigenvalue weighted by atomic mass is 10.1. The van der Waals surface area contributed by atoms with Gasteiger partial charge in [0.15, 0.2) is 0 Å². The van der Waals surface area contributed by atoms with E-state index in [1.807, 2.05) is 45.9 Å². The molecule has 1 aliphatic heterocycles. The van der Waals surface area contributed by atoms with Crippen LogP contribution in [-0.2, 0) is 14.8 Å². The largest absolute Gasteiger partial charge is 0.373 e. The molecule has 156 valence electrons. The van der Waals surface area contributed by atoms with Crippen molar-refractivity contribution in [2.75, 3.05) is 18.4 Å². The lowest BCUT2D eigenvalue weighted by molar-refractivity contribution is -0.0440. The molecule has 2 atom stereocenters. The van der Waals surface area contributed by atoms with Gasteiger partial charge in [-0.1, -0.05) is 23.7 Å². The van der Waals surface area contributed by atoms with E-state index in [2.05, 4.69) is 5.32 Å². The zero-order chi connectivity index (χ0) is 21.3. The smallest absolute Gasteiger partial charge is 0.255 e. The molecule has 8 heteroatoms. The number of amides is 1. The summed E-state index contributed by atoms with van der Waals surface area (Å²) in [6.07, 6.45) is -0.439. The molecule has 1 amide bonds. The van der Waals surface area contributed by atoms with Crippen LogP contribution in [0.1, 0.15) is 35.3 Å². The molecule has 0 unspecified atom stereocenters. The molecule has 0 radical (unpaired) electrons. The molecular weight excluding hydrogens is 412 g/mol. The Kier molecular flexibility index (Phi) is 6.33. The molecule has 1 N–H and O–H groups in total. The van der Waals surface area contributed by atoms with Gasteiger partial charge in [-0.05, 0) is 63.1 Å². The number of hydrogen-bond acceptors (Lipinski definition) is 4. The molecule has 1 saturated heterocycles. The summed E-state index contributed by atoms with van der Waals surface area (Å²) in [4.78, 5) is 12.7. The predicted molar refractivity (Wildman–Crippen MR) is 114 cm³/mol. The maximum Gasteiger partial charge on any atom is 0.255 e. The number of nitrogens with one attached hydrogen (secondary N) is 1. The molecule has 6 nitrogen and oxygen atoms in total. The Labute approximate surface area is 176 Å². The number of sulfonamides is 1. The van der Waals surface area contributed by atoms with Crippen LogP contribution in [0.4, 0.5) is 5.69 Å². The minimum Gasteiger partial charge on any atom is -0.373 e. The molecule has 2 aromatic rings. The van der Waals surface area contributed by atoms with Crippen LogP contribution in [0.3, 0.4) is 0 Å². The van der Waals surface area contributed by atoms with Crippen molar-refractivity contribution in [2.24, 2.45) is 0 Å². The summed E-state index contributed by atoms with van der Waals surface area (Å²) >= 11 is 6.21. The Morgan fingerprint density at radius 3 is 2.41 bits per heavy atom. The fourth-order valence-corrected chi connectivity index (χ4v) is 5.46. The van der Waals surface area contributed by atoms with Crippen molar-refractivity contribution >= 4 is 33.2 Å². The Hall–Kier alpha value is -1.93. The van der Waals surface area contributed by atoms with Crippen LogP contribution in [0.5, 0.6) is 0 Å². The van der Waals surface area contributed by atoms with Gasteiger partial charge < -0.3 is 10.1 Å². The van der Waals surface area contributed by atoms with E-state index in [1.54, 1.807) is 0 Å². The lowest BCUT2D eigenvalue weighted by Crippen LogP contribution is -2.48. The van der Waals surface area contributed by atoms with E-state index in [1.165, 1.54) is 22.5 Å². The first-order valence-corrected chi connectivity index (χ1v) is 11.2. The van der Waals surface area contributed by atoms with E-state index < -0.39 is 15.9 Å². The summed E-state index contributed by atoms with van der Waals surface area (Å²) < 4.78 is 33.4. The van der Waals surface area contributed by atoms with Crippen LogP contribution in [0.15, 0.2) is 41.3 Å². The highest BCUT2D eigenvalue weighted by Crippen LogP contribution is 2.28. The van der Waals surface area contributed by atoms with Crippen LogP contribution < -0.4 is 5.32 Å². The van der Waals surface area contributed by atoms with Crippen molar-refractivity contribution in [1.29, 1.82) is 0 Å². The van der Waals surface area contributed by atoms with Gasteiger partial charge >= 0.3 is 0 Å². The van der Waals surface area contributed by atoms with Gasteiger partial charge in [0.05, 0.1) is 17.2 Å². The molecule has 0 bridgehead atoms. The molecular formula is C21H25ClN2O4S. The summed E-state index contributed by atoms with van der Waals surface area (Å²) in [5.74, 6) is -0.393. The van der Waals surface area contributed by atoms with Crippen molar-refractivity contribution in [3.05, 3.63) is 58.1 Å². The summed E-state index contributed by atoms with van der Waals surface area (Å²) in [6.45, 7) is 7.96. The van der Waals surface area contributed by atoms with Gasteiger partial charge in [0.2, 0.25) is 10.0 Å². The number of carbonyl (C=O) groups is 1. The monoisotopic (exact) mass is 436 g/mol. The Morgan fingerprint density at radius 2 is 1.76 bits per heavy atom. The average Bonchev–Trinajstić information content (AvgIpc) is 2.64. The molecule has 1 heterocycles. The highest BCUT2D eigenvalue weighted by Gasteiger charge is 2.33. The number of morpholine rings is 1. The third-order valence-electron chi connectivity index (χ3n) is 4.84. The van der Waals surface area contributed by atoms with E-state index in [9.17, 15) is 13.2 Å². The SMILES string of the molecule is Cc1ccc(C)c(NC(=O)c2ccc(Cl)c(S(=O)(=O)N3C[C@@H](C)O[C@@H](C)C3)c2)c1. The van der Waals surface area contributed by atoms with Crippen LogP contribution in [0, 0.1) is 13.8 Å². The summed E-state index contributed by atoms with van der Waals surface area (Å²) in [6, 6.07) is 10.1. The lowest BCUT2D eigenvalue weighted by Gasteiger charge is -2.34. The number of anilines is 1. The quantitative estimate of drug-likeness (QED) is 0.785. The zero-order valence-electron chi connectivity index (χ0n) is 16.9. The first-order valence-electron chi connectivity index (χ1n) is 9.41. The van der Waals surface area contributed by atoms with E-state index in [4.69, 9.17) is 16.3 Å². The van der Waals surface area contributed by atoms with Crippen molar-refractivity contribution in [3.63, 3.8) is 0 Å². The number of rotatable bonds is 4. The molecule has 3 rings (SSSR count). The zero-order valence-corrected chi connectivity index (χ0v) is 18.5. The van der Waals surface area contributed by atoms with Crippen LogP contribution in [-0.4, -0.2) is 43.9 Å². The minimum absolute atomic E-state index is 0.0749. The second-order valence-electron chi connectivity index (χ2n) is 7.50. The number of nitrogens with zero attached hydrogens (tertiary/aromatic N) is 1. The van der Waals surface area contributed by atoms with Crippen molar-refractivity contribution in [2.45, 2.75) is 44.8 Å². The molecule has 0 saturated carbocycles. The summed E-state index contributed by atoms with van der Waals surface area (Å²) in [7, 11) is -3.86. The average molecular weight is 437 g/mol. The standard InChI is InChI=1S/C21H25ClN2O4S/c1-13-5-6-14(2)19(9-13)23-21(25)17-7-8-18(22)20(10-17)29(26,27)24-11-15(3)28-16(4)12-24/h5-10,15-16H,11-12H2,1-4H3,(H,23,25)/t15-,16+. The highest BCUT2D eigenvalue weighted by atomic mass is 35.5. The molecule has 0 spiro atoms. The van der Waals surface area contributed by atoms with Crippen LogP contribution in [0.2, 0.25) is 5.02 Å². The number of halogens is 1.